The topological polar surface area (TPSA) is 76.2 Å². The lowest BCUT2D eigenvalue weighted by atomic mass is 10.1. The smallest absolute Gasteiger partial charge is 0.333 e. The predicted molar refractivity (Wildman–Crippen MR) is 120 cm³/mol. The van der Waals surface area contributed by atoms with E-state index in [9.17, 15) is 18.8 Å². The Labute approximate surface area is 200 Å². The van der Waals surface area contributed by atoms with Crippen molar-refractivity contribution in [1.82, 2.24) is 25.1 Å². The highest BCUT2D eigenvalue weighted by atomic mass is 35.5. The van der Waals surface area contributed by atoms with Crippen LogP contribution in [0.2, 0.25) is 10.0 Å². The number of halogens is 3. The Morgan fingerprint density at radius 1 is 1.03 bits per heavy atom. The number of fused-ring (bicyclic) bond motifs is 1. The van der Waals surface area contributed by atoms with Gasteiger partial charge in [0.25, 0.3) is 0 Å². The van der Waals surface area contributed by atoms with Crippen molar-refractivity contribution < 1.29 is 18.8 Å². The Kier molecular flexibility index (Phi) is 6.73. The molecule has 2 aromatic rings. The number of piperazine rings is 1. The quantitative estimate of drug-likeness (QED) is 0.710. The number of carbonyl (C=O) groups is 3. The second kappa shape index (κ2) is 9.54. The number of benzene rings is 2. The second-order valence-electron chi connectivity index (χ2n) is 7.97. The van der Waals surface area contributed by atoms with Gasteiger partial charge in [0.15, 0.2) is 0 Å². The van der Waals surface area contributed by atoms with E-state index in [1.807, 2.05) is 0 Å². The Morgan fingerprint density at radius 3 is 2.42 bits per heavy atom. The van der Waals surface area contributed by atoms with E-state index in [0.29, 0.717) is 10.0 Å². The number of amides is 4. The van der Waals surface area contributed by atoms with Gasteiger partial charge in [-0.25, -0.2) is 19.2 Å². The van der Waals surface area contributed by atoms with Gasteiger partial charge in [-0.1, -0.05) is 41.4 Å². The maximum absolute atomic E-state index is 13.1. The van der Waals surface area contributed by atoms with Crippen molar-refractivity contribution in [2.24, 2.45) is 0 Å². The van der Waals surface area contributed by atoms with Crippen LogP contribution in [-0.4, -0.2) is 70.5 Å². The van der Waals surface area contributed by atoms with Gasteiger partial charge >= 0.3 is 6.03 Å². The fraction of sp³-hybridized carbons (Fsp3) is 0.318. The van der Waals surface area contributed by atoms with Crippen LogP contribution in [0, 0.1) is 5.82 Å². The number of likely N-dealkylation sites (N-methyl/N-ethyl adjacent to an activating group) is 1. The van der Waals surface area contributed by atoms with E-state index in [2.05, 4.69) is 5.32 Å². The SMILES string of the molecule is CN1CC(=O)N2CC(=O)N(Cc3ccc(Cl)c(Cl)c3)C[C@@H]2N1C(=O)NCc1ccc(F)cc1. The van der Waals surface area contributed by atoms with Gasteiger partial charge in [0, 0.05) is 20.1 Å². The van der Waals surface area contributed by atoms with E-state index in [1.54, 1.807) is 42.3 Å². The number of hydrazine groups is 1. The van der Waals surface area contributed by atoms with Crippen LogP contribution in [0.4, 0.5) is 9.18 Å². The Hall–Kier alpha value is -2.88. The minimum atomic E-state index is -0.662. The lowest BCUT2D eigenvalue weighted by Gasteiger charge is -2.51. The summed E-state index contributed by atoms with van der Waals surface area (Å²) in [6.07, 6.45) is -0.662. The number of rotatable bonds is 4. The van der Waals surface area contributed by atoms with Crippen molar-refractivity contribution >= 4 is 41.0 Å². The van der Waals surface area contributed by atoms with Crippen molar-refractivity contribution in [2.75, 3.05) is 26.7 Å². The van der Waals surface area contributed by atoms with Gasteiger partial charge in [0.1, 0.15) is 18.5 Å². The zero-order valence-electron chi connectivity index (χ0n) is 17.8. The average molecular weight is 494 g/mol. The fourth-order valence-electron chi connectivity index (χ4n) is 3.97. The van der Waals surface area contributed by atoms with Crippen LogP contribution in [0.25, 0.3) is 0 Å². The lowest BCUT2D eigenvalue weighted by molar-refractivity contribution is -0.178. The van der Waals surface area contributed by atoms with Gasteiger partial charge in [-0.2, -0.15) is 0 Å². The maximum Gasteiger partial charge on any atom is 0.334 e. The van der Waals surface area contributed by atoms with Crippen LogP contribution in [0.5, 0.6) is 0 Å². The maximum atomic E-state index is 13.1. The summed E-state index contributed by atoms with van der Waals surface area (Å²) in [6.45, 7) is 0.444. The molecule has 174 valence electrons. The first-order valence-corrected chi connectivity index (χ1v) is 11.0. The summed E-state index contributed by atoms with van der Waals surface area (Å²) in [5, 5.41) is 6.59. The Bertz CT molecular complexity index is 1080. The monoisotopic (exact) mass is 493 g/mol. The first-order chi connectivity index (χ1) is 15.7. The summed E-state index contributed by atoms with van der Waals surface area (Å²) in [6, 6.07) is 10.5. The van der Waals surface area contributed by atoms with Crippen LogP contribution in [0.1, 0.15) is 11.1 Å². The van der Waals surface area contributed by atoms with Crippen molar-refractivity contribution in [3.05, 3.63) is 69.5 Å². The first kappa shape index (κ1) is 23.3. The molecule has 8 nitrogen and oxygen atoms in total. The Morgan fingerprint density at radius 2 is 1.73 bits per heavy atom. The first-order valence-electron chi connectivity index (χ1n) is 10.3. The van der Waals surface area contributed by atoms with Crippen LogP contribution < -0.4 is 5.32 Å². The van der Waals surface area contributed by atoms with Crippen molar-refractivity contribution in [2.45, 2.75) is 19.3 Å². The third kappa shape index (κ3) is 5.05. The minimum Gasteiger partial charge on any atom is -0.333 e. The molecule has 1 N–H and O–H groups in total. The van der Waals surface area contributed by atoms with Gasteiger partial charge in [0.2, 0.25) is 11.8 Å². The number of carbonyl (C=O) groups excluding carboxylic acids is 3. The highest BCUT2D eigenvalue weighted by Crippen LogP contribution is 2.26. The third-order valence-electron chi connectivity index (χ3n) is 5.66. The summed E-state index contributed by atoms with van der Waals surface area (Å²) in [4.78, 5) is 41.4. The number of urea groups is 1. The van der Waals surface area contributed by atoms with Crippen LogP contribution >= 0.6 is 23.2 Å². The van der Waals surface area contributed by atoms with E-state index in [-0.39, 0.29) is 50.4 Å². The number of nitrogens with zero attached hydrogens (tertiary/aromatic N) is 4. The molecule has 2 saturated heterocycles. The van der Waals surface area contributed by atoms with Gasteiger partial charge in [-0.05, 0) is 35.4 Å². The average Bonchev–Trinajstić information content (AvgIpc) is 2.77. The third-order valence-corrected chi connectivity index (χ3v) is 6.40. The molecule has 0 radical (unpaired) electrons. The van der Waals surface area contributed by atoms with E-state index in [4.69, 9.17) is 23.2 Å². The normalized spacial score (nSPS) is 19.0. The molecule has 0 bridgehead atoms. The molecule has 0 spiro atoms. The van der Waals surface area contributed by atoms with Crippen LogP contribution in [-0.2, 0) is 22.7 Å². The molecule has 4 amide bonds. The van der Waals surface area contributed by atoms with E-state index in [0.717, 1.165) is 11.1 Å². The van der Waals surface area contributed by atoms with Crippen molar-refractivity contribution in [1.29, 1.82) is 0 Å². The summed E-state index contributed by atoms with van der Waals surface area (Å²) in [5.74, 6) is -0.807. The molecule has 0 aromatic heterocycles. The molecule has 33 heavy (non-hydrogen) atoms. The van der Waals surface area contributed by atoms with E-state index >= 15 is 0 Å². The molecule has 2 fully saturated rings. The molecule has 2 aliphatic heterocycles. The molecule has 0 aliphatic carbocycles. The highest BCUT2D eigenvalue weighted by molar-refractivity contribution is 6.42. The molecular formula is C22H22Cl2FN5O3. The van der Waals surface area contributed by atoms with Gasteiger partial charge in [-0.15, -0.1) is 0 Å². The lowest BCUT2D eigenvalue weighted by Crippen LogP contribution is -2.73. The predicted octanol–water partition coefficient (Wildman–Crippen LogP) is 2.70. The molecule has 4 rings (SSSR count). The molecule has 2 heterocycles. The summed E-state index contributed by atoms with van der Waals surface area (Å²) in [7, 11) is 1.65. The number of hydrogen-bond donors (Lipinski definition) is 1. The summed E-state index contributed by atoms with van der Waals surface area (Å²) in [5.41, 5.74) is 1.52. The van der Waals surface area contributed by atoms with Crippen LogP contribution in [0.3, 0.4) is 0 Å². The molecule has 2 aromatic carbocycles. The fourth-order valence-corrected chi connectivity index (χ4v) is 4.29. The zero-order chi connectivity index (χ0) is 23.7. The van der Waals surface area contributed by atoms with Crippen LogP contribution in [0.15, 0.2) is 42.5 Å². The molecular weight excluding hydrogens is 472 g/mol. The van der Waals surface area contributed by atoms with Gasteiger partial charge < -0.3 is 15.1 Å². The molecule has 0 saturated carbocycles. The zero-order valence-corrected chi connectivity index (χ0v) is 19.3. The minimum absolute atomic E-state index is 0.0272. The summed E-state index contributed by atoms with van der Waals surface area (Å²) >= 11 is 12.1. The highest BCUT2D eigenvalue weighted by Gasteiger charge is 2.45. The molecule has 11 heteroatoms. The standard InChI is InChI=1S/C22H22Cl2FN5O3/c1-27-12-21(32)29-13-20(31)28(10-15-4-7-17(23)18(24)8-15)11-19(29)30(27)22(33)26-9-14-2-5-16(25)6-3-14/h2-8,19H,9-13H2,1H3,(H,26,33)/t19-/m0/s1. The van der Waals surface area contributed by atoms with Crippen molar-refractivity contribution in [3.63, 3.8) is 0 Å². The second-order valence-corrected chi connectivity index (χ2v) is 8.78. The van der Waals surface area contributed by atoms with E-state index in [1.165, 1.54) is 27.1 Å². The van der Waals surface area contributed by atoms with Crippen molar-refractivity contribution in [3.8, 4) is 0 Å². The number of hydrogen-bond acceptors (Lipinski definition) is 4. The van der Waals surface area contributed by atoms with Gasteiger partial charge in [0.05, 0.1) is 23.1 Å². The molecule has 0 unspecified atom stereocenters. The largest absolute Gasteiger partial charge is 0.334 e. The molecule has 1 atom stereocenters. The van der Waals surface area contributed by atoms with E-state index < -0.39 is 12.2 Å². The summed E-state index contributed by atoms with van der Waals surface area (Å²) < 4.78 is 13.1. The molecule has 2 aliphatic rings. The number of nitrogens with one attached hydrogen (secondary N) is 1. The Balaban J connectivity index is 1.50. The van der Waals surface area contributed by atoms with Gasteiger partial charge in [-0.3, -0.25) is 9.59 Å².